The van der Waals surface area contributed by atoms with Crippen LogP contribution in [0.1, 0.15) is 5.56 Å². The number of hydrogen-bond donors (Lipinski definition) is 2. The summed E-state index contributed by atoms with van der Waals surface area (Å²) in [5.41, 5.74) is 2.18. The Morgan fingerprint density at radius 1 is 1.00 bits per heavy atom. The second-order valence-corrected chi connectivity index (χ2v) is 5.82. The summed E-state index contributed by atoms with van der Waals surface area (Å²) in [5, 5.41) is 0. The lowest BCUT2D eigenvalue weighted by atomic mass is 10.2. The van der Waals surface area contributed by atoms with Crippen molar-refractivity contribution < 1.29 is 17.0 Å². The smallest absolute Gasteiger partial charge is 0.0478 e. The first kappa shape index (κ1) is 15.4. The number of para-hydroxylation sites is 1. The van der Waals surface area contributed by atoms with Crippen molar-refractivity contribution in [2.75, 3.05) is 4.72 Å². The summed E-state index contributed by atoms with van der Waals surface area (Å²) in [6.45, 7) is 0. The van der Waals surface area contributed by atoms with Crippen LogP contribution in [-0.4, -0.2) is 0 Å². The quantitative estimate of drug-likeness (QED) is 0.815. The molecule has 0 spiro atoms. The highest BCUT2D eigenvalue weighted by atomic mass is 79.9. The second-order valence-electron chi connectivity index (χ2n) is 3.63. The number of nitrogens with one attached hydrogen (secondary N) is 2. The normalized spacial score (nSPS) is 11.4. The van der Waals surface area contributed by atoms with Crippen LogP contribution in [0.3, 0.4) is 0 Å². The third-order valence-corrected chi connectivity index (χ3v) is 3.87. The highest BCUT2D eigenvalue weighted by Crippen LogP contribution is 2.13. The number of benzene rings is 2. The van der Waals surface area contributed by atoms with Gasteiger partial charge in [-0.15, -0.1) is 0 Å². The van der Waals surface area contributed by atoms with Crippen LogP contribution in [0.5, 0.6) is 0 Å². The van der Waals surface area contributed by atoms with Crippen LogP contribution in [0.25, 0.3) is 0 Å². The molecule has 0 fully saturated rings. The van der Waals surface area contributed by atoms with Gasteiger partial charge in [-0.1, -0.05) is 46.3 Å². The number of anilines is 1. The summed E-state index contributed by atoms with van der Waals surface area (Å²) in [6, 6.07) is 18.0. The summed E-state index contributed by atoms with van der Waals surface area (Å²) >= 11 is 3.41. The van der Waals surface area contributed by atoms with E-state index in [1.807, 2.05) is 54.6 Å². The van der Waals surface area contributed by atoms with E-state index in [1.54, 1.807) is 0 Å². The molecule has 1 atom stereocenters. The molecule has 2 aromatic carbocycles. The van der Waals surface area contributed by atoms with Gasteiger partial charge in [0.2, 0.25) is 0 Å². The summed E-state index contributed by atoms with van der Waals surface area (Å²) in [7, 11) is -0.594. The van der Waals surface area contributed by atoms with E-state index in [-0.39, 0.29) is 17.0 Å². The fraction of sp³-hybridized carbons (Fsp3) is 0.0769. The first-order valence-corrected chi connectivity index (χ1v) is 7.41. The predicted molar refractivity (Wildman–Crippen MR) is 78.0 cm³/mol. The van der Waals surface area contributed by atoms with Crippen molar-refractivity contribution in [2.45, 2.75) is 5.75 Å². The Bertz CT molecular complexity index is 500. The maximum Gasteiger partial charge on any atom is 0.0478 e. The predicted octanol–water partition coefficient (Wildman–Crippen LogP) is 1.36. The Morgan fingerprint density at radius 2 is 1.61 bits per heavy atom. The molecule has 1 unspecified atom stereocenters. The van der Waals surface area contributed by atoms with Gasteiger partial charge in [0.25, 0.3) is 0 Å². The minimum atomic E-state index is -0.594. The summed E-state index contributed by atoms with van der Waals surface area (Å²) in [5.74, 6) is 0.724. The third kappa shape index (κ3) is 4.92. The Labute approximate surface area is 129 Å². The first-order valence-electron chi connectivity index (χ1n) is 5.22. The number of halogens is 2. The maximum atomic E-state index is 8.01. The molecule has 2 nitrogen and oxygen atoms in total. The van der Waals surface area contributed by atoms with Crippen molar-refractivity contribution in [3.05, 3.63) is 64.6 Å². The van der Waals surface area contributed by atoms with Crippen LogP contribution in [-0.2, 0) is 16.6 Å². The molecule has 0 heterocycles. The molecule has 0 aliphatic rings. The van der Waals surface area contributed by atoms with Crippen LogP contribution in [0, 0.1) is 4.78 Å². The monoisotopic (exact) mass is 387 g/mol. The molecule has 96 valence electrons. The average Bonchev–Trinajstić information content (AvgIpc) is 2.33. The minimum Gasteiger partial charge on any atom is -1.00 e. The van der Waals surface area contributed by atoms with Crippen molar-refractivity contribution in [3.8, 4) is 0 Å². The van der Waals surface area contributed by atoms with E-state index in [9.17, 15) is 0 Å². The van der Waals surface area contributed by atoms with Crippen molar-refractivity contribution in [3.63, 3.8) is 0 Å². The molecule has 0 amide bonds. The lowest BCUT2D eigenvalue weighted by molar-refractivity contribution is -0.00000358. The molecular weight excluding hydrogens is 376 g/mol. The van der Waals surface area contributed by atoms with Gasteiger partial charge < -0.3 is 21.7 Å². The third-order valence-electron chi connectivity index (χ3n) is 2.24. The fourth-order valence-electron chi connectivity index (χ4n) is 1.43. The van der Waals surface area contributed by atoms with Crippen LogP contribution >= 0.6 is 15.9 Å². The Hall–Kier alpha value is -0.650. The van der Waals surface area contributed by atoms with E-state index in [0.717, 1.165) is 15.9 Å². The molecule has 0 aliphatic heterocycles. The van der Waals surface area contributed by atoms with Gasteiger partial charge in [0.05, 0.1) is 0 Å². The van der Waals surface area contributed by atoms with Crippen LogP contribution in [0.4, 0.5) is 5.69 Å². The van der Waals surface area contributed by atoms with Crippen molar-refractivity contribution in [1.82, 2.24) is 0 Å². The Kier molecular flexibility index (Phi) is 6.60. The zero-order valence-electron chi connectivity index (χ0n) is 9.57. The molecule has 0 saturated carbocycles. The zero-order valence-corrected chi connectivity index (χ0v) is 13.6. The molecule has 0 saturated heterocycles. The van der Waals surface area contributed by atoms with Gasteiger partial charge in [0, 0.05) is 15.9 Å². The molecule has 2 N–H and O–H groups in total. The topological polar surface area (TPSA) is 35.9 Å². The van der Waals surface area contributed by atoms with Gasteiger partial charge in [0.1, 0.15) is 0 Å². The second kappa shape index (κ2) is 7.71. The lowest BCUT2D eigenvalue weighted by Gasteiger charge is -2.09. The van der Waals surface area contributed by atoms with E-state index in [2.05, 4.69) is 20.7 Å². The van der Waals surface area contributed by atoms with Gasteiger partial charge in [-0.05, 0) is 40.7 Å². The Morgan fingerprint density at radius 3 is 2.22 bits per heavy atom. The van der Waals surface area contributed by atoms with Gasteiger partial charge >= 0.3 is 0 Å². The molecule has 0 bridgehead atoms. The minimum absolute atomic E-state index is 0. The number of rotatable bonds is 4. The number of hydrogen-bond acceptors (Lipinski definition) is 1. The van der Waals surface area contributed by atoms with Crippen LogP contribution in [0.15, 0.2) is 59.1 Å². The van der Waals surface area contributed by atoms with Crippen molar-refractivity contribution in [1.29, 1.82) is 4.78 Å². The van der Waals surface area contributed by atoms with E-state index in [4.69, 9.17) is 4.78 Å². The Balaban J connectivity index is 0.00000162. The molecule has 2 aromatic rings. The highest BCUT2D eigenvalue weighted by molar-refractivity contribution is 9.10. The van der Waals surface area contributed by atoms with Gasteiger partial charge in [0.15, 0.2) is 0 Å². The maximum absolute atomic E-state index is 8.01. The molecular formula is C13H13Br2N2S-. The van der Waals surface area contributed by atoms with E-state index < -0.39 is 10.9 Å². The highest BCUT2D eigenvalue weighted by Gasteiger charge is 1.98. The van der Waals surface area contributed by atoms with Gasteiger partial charge in [-0.25, -0.2) is 0 Å². The standard InChI is InChI=1S/C13H13BrN2S.BrH/c14-12-8-6-11(7-9-12)10-17(15)16-13-4-2-1-3-5-13;/h1-9H,10H2,(H2,15,16);1H/p-1. The average molecular weight is 389 g/mol. The van der Waals surface area contributed by atoms with E-state index in [1.165, 1.54) is 5.56 Å². The van der Waals surface area contributed by atoms with Crippen molar-refractivity contribution in [2.24, 2.45) is 0 Å². The summed E-state index contributed by atoms with van der Waals surface area (Å²) in [4.78, 5) is 0. The van der Waals surface area contributed by atoms with Crippen LogP contribution < -0.4 is 21.7 Å². The molecule has 18 heavy (non-hydrogen) atoms. The summed E-state index contributed by atoms with van der Waals surface area (Å²) < 4.78 is 12.3. The molecule has 0 aromatic heterocycles. The lowest BCUT2D eigenvalue weighted by Crippen LogP contribution is -3.00. The zero-order chi connectivity index (χ0) is 12.1. The van der Waals surface area contributed by atoms with Gasteiger partial charge in [-0.2, -0.15) is 0 Å². The fourth-order valence-corrected chi connectivity index (χ4v) is 2.71. The SMILES string of the molecule is N=S(Cc1ccc(Br)cc1)Nc1ccccc1.[Br-]. The molecule has 2 rings (SSSR count). The largest absolute Gasteiger partial charge is 1.00 e. The van der Waals surface area contributed by atoms with E-state index in [0.29, 0.717) is 0 Å². The van der Waals surface area contributed by atoms with Crippen LogP contribution in [0.2, 0.25) is 0 Å². The molecule has 0 radical (unpaired) electrons. The summed E-state index contributed by atoms with van der Waals surface area (Å²) in [6.07, 6.45) is 0. The first-order chi connectivity index (χ1) is 8.24. The van der Waals surface area contributed by atoms with Gasteiger partial charge in [-0.3, -0.25) is 4.78 Å². The molecule has 0 aliphatic carbocycles. The molecule has 5 heteroatoms. The van der Waals surface area contributed by atoms with E-state index >= 15 is 0 Å². The van der Waals surface area contributed by atoms with Crippen molar-refractivity contribution >= 4 is 32.5 Å².